The maximum atomic E-state index is 12.0. The molecule has 0 unspecified atom stereocenters. The third-order valence-electron chi connectivity index (χ3n) is 3.31. The van der Waals surface area contributed by atoms with Crippen LogP contribution in [0.3, 0.4) is 0 Å². The molecule has 6 heteroatoms. The average Bonchev–Trinajstić information content (AvgIpc) is 2.83. The first-order valence-corrected chi connectivity index (χ1v) is 6.46. The maximum Gasteiger partial charge on any atom is 0.317 e. The average molecular weight is 270 g/mol. The lowest BCUT2D eigenvalue weighted by atomic mass is 10.1. The van der Waals surface area contributed by atoms with Crippen molar-refractivity contribution < 1.29 is 19.4 Å². The molecule has 6 nitrogen and oxygen atoms in total. The second-order valence-electron chi connectivity index (χ2n) is 4.72. The lowest BCUT2D eigenvalue weighted by Crippen LogP contribution is -2.45. The molecule has 0 aliphatic heterocycles. The maximum absolute atomic E-state index is 12.0. The summed E-state index contributed by atoms with van der Waals surface area (Å²) < 4.78 is 4.95. The fourth-order valence-electron chi connectivity index (χ4n) is 2.24. The summed E-state index contributed by atoms with van der Waals surface area (Å²) in [5.41, 5.74) is 0. The highest BCUT2D eigenvalue weighted by atomic mass is 16.5. The zero-order chi connectivity index (χ0) is 14.3. The van der Waals surface area contributed by atoms with Gasteiger partial charge in [0.15, 0.2) is 0 Å². The zero-order valence-electron chi connectivity index (χ0n) is 11.3. The van der Waals surface area contributed by atoms with Crippen molar-refractivity contribution in [1.82, 2.24) is 10.2 Å². The van der Waals surface area contributed by atoms with Crippen molar-refractivity contribution in [3.05, 3.63) is 12.7 Å². The molecule has 0 spiro atoms. The van der Waals surface area contributed by atoms with Crippen LogP contribution in [0.4, 0.5) is 4.79 Å². The normalized spacial score (nSPS) is 21.9. The number of nitrogens with zero attached hydrogens (tertiary/aromatic N) is 1. The summed E-state index contributed by atoms with van der Waals surface area (Å²) in [7, 11) is 1.58. The second kappa shape index (κ2) is 7.78. The van der Waals surface area contributed by atoms with Gasteiger partial charge in [0.1, 0.15) is 0 Å². The van der Waals surface area contributed by atoms with Crippen molar-refractivity contribution >= 4 is 12.0 Å². The molecule has 2 amide bonds. The van der Waals surface area contributed by atoms with Crippen LogP contribution < -0.4 is 5.32 Å². The zero-order valence-corrected chi connectivity index (χ0v) is 11.3. The predicted octanol–water partition coefficient (Wildman–Crippen LogP) is 1.08. The van der Waals surface area contributed by atoms with Crippen molar-refractivity contribution in [2.45, 2.75) is 25.3 Å². The van der Waals surface area contributed by atoms with Gasteiger partial charge in [-0.15, -0.1) is 6.58 Å². The number of hydrogen-bond donors (Lipinski definition) is 2. The van der Waals surface area contributed by atoms with E-state index >= 15 is 0 Å². The Labute approximate surface area is 113 Å². The van der Waals surface area contributed by atoms with Gasteiger partial charge >= 0.3 is 12.0 Å². The van der Waals surface area contributed by atoms with Gasteiger partial charge in [0.2, 0.25) is 0 Å². The van der Waals surface area contributed by atoms with Crippen molar-refractivity contribution in [2.24, 2.45) is 5.92 Å². The number of carboxylic acids is 1. The first-order valence-electron chi connectivity index (χ1n) is 6.46. The molecule has 0 heterocycles. The number of rotatable bonds is 7. The third kappa shape index (κ3) is 4.90. The van der Waals surface area contributed by atoms with Gasteiger partial charge in [0.05, 0.1) is 12.5 Å². The number of aliphatic carboxylic acids is 1. The summed E-state index contributed by atoms with van der Waals surface area (Å²) in [6.07, 6.45) is 3.51. The quantitative estimate of drug-likeness (QED) is 0.679. The van der Waals surface area contributed by atoms with Crippen LogP contribution in [0.1, 0.15) is 19.3 Å². The summed E-state index contributed by atoms with van der Waals surface area (Å²) >= 11 is 0. The highest BCUT2D eigenvalue weighted by Crippen LogP contribution is 2.25. The second-order valence-corrected chi connectivity index (χ2v) is 4.72. The van der Waals surface area contributed by atoms with Gasteiger partial charge in [-0.1, -0.05) is 6.08 Å². The molecule has 1 rings (SSSR count). The molecule has 0 bridgehead atoms. The molecule has 19 heavy (non-hydrogen) atoms. The number of urea groups is 1. The Balaban J connectivity index is 2.43. The number of carboxylic acid groups (broad SMARTS) is 1. The smallest absolute Gasteiger partial charge is 0.317 e. The highest BCUT2D eigenvalue weighted by molar-refractivity contribution is 5.75. The summed E-state index contributed by atoms with van der Waals surface area (Å²) in [5, 5.41) is 11.8. The van der Waals surface area contributed by atoms with Crippen molar-refractivity contribution in [3.8, 4) is 0 Å². The molecule has 1 aliphatic carbocycles. The summed E-state index contributed by atoms with van der Waals surface area (Å²) in [4.78, 5) is 24.5. The van der Waals surface area contributed by atoms with Crippen LogP contribution in [0.5, 0.6) is 0 Å². The number of nitrogens with one attached hydrogen (secondary N) is 1. The molecule has 1 aliphatic rings. The fourth-order valence-corrected chi connectivity index (χ4v) is 2.24. The SMILES string of the molecule is C=CCN(CCOC)C(=O)N[C@H]1CC[C@@H](C(=O)O)C1. The van der Waals surface area contributed by atoms with Crippen molar-refractivity contribution in [2.75, 3.05) is 26.8 Å². The largest absolute Gasteiger partial charge is 0.481 e. The third-order valence-corrected chi connectivity index (χ3v) is 3.31. The van der Waals surface area contributed by atoms with Gasteiger partial charge in [-0.25, -0.2) is 4.79 Å². The molecule has 108 valence electrons. The molecule has 1 fully saturated rings. The van der Waals surface area contributed by atoms with Gasteiger partial charge in [0, 0.05) is 26.2 Å². The Morgan fingerprint density at radius 2 is 2.26 bits per heavy atom. The van der Waals surface area contributed by atoms with Gasteiger partial charge in [-0.05, 0) is 19.3 Å². The van der Waals surface area contributed by atoms with Crippen LogP contribution in [-0.2, 0) is 9.53 Å². The Morgan fingerprint density at radius 3 is 2.79 bits per heavy atom. The van der Waals surface area contributed by atoms with E-state index in [4.69, 9.17) is 9.84 Å². The van der Waals surface area contributed by atoms with E-state index in [2.05, 4.69) is 11.9 Å². The van der Waals surface area contributed by atoms with Crippen LogP contribution in [0.15, 0.2) is 12.7 Å². The topological polar surface area (TPSA) is 78.9 Å². The molecular weight excluding hydrogens is 248 g/mol. The molecular formula is C13H22N2O4. The molecule has 0 radical (unpaired) electrons. The van der Waals surface area contributed by atoms with Gasteiger partial charge in [-0.3, -0.25) is 4.79 Å². The molecule has 0 aromatic carbocycles. The first kappa shape index (κ1) is 15.5. The van der Waals surface area contributed by atoms with Gasteiger partial charge < -0.3 is 20.1 Å². The van der Waals surface area contributed by atoms with E-state index in [-0.39, 0.29) is 18.0 Å². The van der Waals surface area contributed by atoms with E-state index in [0.29, 0.717) is 32.5 Å². The minimum Gasteiger partial charge on any atom is -0.481 e. The number of ether oxygens (including phenoxy) is 1. The molecule has 0 aromatic heterocycles. The predicted molar refractivity (Wildman–Crippen MR) is 70.9 cm³/mol. The standard InChI is InChI=1S/C13H22N2O4/c1-3-6-15(7-8-19-2)13(18)14-11-5-4-10(9-11)12(16)17/h3,10-11H,1,4-9H2,2H3,(H,14,18)(H,16,17)/t10-,11+/m1/s1. The molecule has 2 atom stereocenters. The minimum absolute atomic E-state index is 0.0524. The summed E-state index contributed by atoms with van der Waals surface area (Å²) in [6.45, 7) is 5.02. The Morgan fingerprint density at radius 1 is 1.53 bits per heavy atom. The van der Waals surface area contributed by atoms with E-state index in [1.165, 1.54) is 0 Å². The van der Waals surface area contributed by atoms with Crippen LogP contribution in [0.25, 0.3) is 0 Å². The number of methoxy groups -OCH3 is 1. The monoisotopic (exact) mass is 270 g/mol. The lowest BCUT2D eigenvalue weighted by molar-refractivity contribution is -0.141. The fraction of sp³-hybridized carbons (Fsp3) is 0.692. The summed E-state index contributed by atoms with van der Waals surface area (Å²) in [5.74, 6) is -1.11. The van der Waals surface area contributed by atoms with E-state index in [0.717, 1.165) is 6.42 Å². The number of carbonyl (C=O) groups is 2. The Bertz CT molecular complexity index is 333. The number of carbonyl (C=O) groups excluding carboxylic acids is 1. The van der Waals surface area contributed by atoms with Crippen LogP contribution >= 0.6 is 0 Å². The van der Waals surface area contributed by atoms with Crippen LogP contribution in [0.2, 0.25) is 0 Å². The highest BCUT2D eigenvalue weighted by Gasteiger charge is 2.31. The number of hydrogen-bond acceptors (Lipinski definition) is 3. The van der Waals surface area contributed by atoms with E-state index in [1.807, 2.05) is 0 Å². The van der Waals surface area contributed by atoms with Crippen LogP contribution in [0, 0.1) is 5.92 Å². The lowest BCUT2D eigenvalue weighted by Gasteiger charge is -2.23. The number of amides is 2. The van der Waals surface area contributed by atoms with E-state index in [1.54, 1.807) is 18.1 Å². The molecule has 2 N–H and O–H groups in total. The first-order chi connectivity index (χ1) is 9.08. The molecule has 1 saturated carbocycles. The summed E-state index contributed by atoms with van der Waals surface area (Å²) in [6, 6.07) is -0.239. The Kier molecular flexibility index (Phi) is 6.35. The van der Waals surface area contributed by atoms with Gasteiger partial charge in [-0.2, -0.15) is 0 Å². The van der Waals surface area contributed by atoms with E-state index < -0.39 is 5.97 Å². The Hall–Kier alpha value is -1.56. The molecule has 0 aromatic rings. The minimum atomic E-state index is -0.779. The van der Waals surface area contributed by atoms with Gasteiger partial charge in [0.25, 0.3) is 0 Å². The van der Waals surface area contributed by atoms with Crippen LogP contribution in [-0.4, -0.2) is 54.9 Å². The molecule has 0 saturated heterocycles. The van der Waals surface area contributed by atoms with Crippen molar-refractivity contribution in [3.63, 3.8) is 0 Å². The van der Waals surface area contributed by atoms with E-state index in [9.17, 15) is 9.59 Å². The van der Waals surface area contributed by atoms with Crippen molar-refractivity contribution in [1.29, 1.82) is 0 Å².